The first kappa shape index (κ1) is 20.1. The number of nitrogen functional groups attached to an aromatic ring is 1. The molecule has 0 atom stereocenters. The minimum Gasteiger partial charge on any atom is -0.481 e. The topological polar surface area (TPSA) is 131 Å². The summed E-state index contributed by atoms with van der Waals surface area (Å²) < 4.78 is 5.95. The average Bonchev–Trinajstić information content (AvgIpc) is 2.67. The van der Waals surface area contributed by atoms with Gasteiger partial charge in [-0.2, -0.15) is 4.98 Å². The van der Waals surface area contributed by atoms with Crippen LogP contribution in [0.5, 0.6) is 5.88 Å². The number of aliphatic imine (C=N–C) groups is 1. The second kappa shape index (κ2) is 7.59. The number of benzene rings is 1. The number of carboxylic acids is 1. The molecule has 0 unspecified atom stereocenters. The predicted molar refractivity (Wildman–Crippen MR) is 114 cm³/mol. The maximum absolute atomic E-state index is 11.6. The van der Waals surface area contributed by atoms with E-state index in [-0.39, 0.29) is 24.0 Å². The van der Waals surface area contributed by atoms with Gasteiger partial charge in [0, 0.05) is 12.0 Å². The standard InChI is InChI=1S/C22H26N4O4/c1-22(2)18(24-17-19(23)25-21(29)26-20(17)30-22)15-9-7-14(8-10-15)13-5-3-12(4-6-13)11-16(27)28/h7-10,12-13H,3-6,11H2,1-2H3,(H,27,28)(H3,23,25,26,29). The Labute approximate surface area is 174 Å². The van der Waals surface area contributed by atoms with E-state index in [2.05, 4.69) is 27.1 Å². The minimum atomic E-state index is -0.767. The molecule has 2 aromatic rings. The molecule has 4 N–H and O–H groups in total. The second-order valence-electron chi connectivity index (χ2n) is 8.62. The maximum atomic E-state index is 11.6. The number of nitrogens with zero attached hydrogens (tertiary/aromatic N) is 2. The zero-order valence-electron chi connectivity index (χ0n) is 17.1. The summed E-state index contributed by atoms with van der Waals surface area (Å²) in [7, 11) is 0. The molecular weight excluding hydrogens is 384 g/mol. The maximum Gasteiger partial charge on any atom is 0.349 e. The van der Waals surface area contributed by atoms with E-state index in [1.807, 2.05) is 26.0 Å². The third-order valence-electron chi connectivity index (χ3n) is 6.01. The zero-order valence-corrected chi connectivity index (χ0v) is 17.1. The van der Waals surface area contributed by atoms with Gasteiger partial charge in [0.15, 0.2) is 5.69 Å². The van der Waals surface area contributed by atoms with Gasteiger partial charge < -0.3 is 15.6 Å². The van der Waals surface area contributed by atoms with Crippen LogP contribution < -0.4 is 16.2 Å². The van der Waals surface area contributed by atoms with Gasteiger partial charge in [-0.15, -0.1) is 0 Å². The van der Waals surface area contributed by atoms with Crippen LogP contribution in [0, 0.1) is 5.92 Å². The van der Waals surface area contributed by atoms with Gasteiger partial charge in [0.25, 0.3) is 0 Å². The Bertz CT molecular complexity index is 1050. The molecule has 2 heterocycles. The van der Waals surface area contributed by atoms with Crippen LogP contribution in [0.3, 0.4) is 0 Å². The molecule has 1 saturated carbocycles. The Morgan fingerprint density at radius 3 is 2.53 bits per heavy atom. The minimum absolute atomic E-state index is 0.132. The van der Waals surface area contributed by atoms with Gasteiger partial charge in [0.1, 0.15) is 11.4 Å². The Hall–Kier alpha value is -3.16. The summed E-state index contributed by atoms with van der Waals surface area (Å²) in [6, 6.07) is 8.28. The highest BCUT2D eigenvalue weighted by Gasteiger charge is 2.35. The molecule has 1 aliphatic heterocycles. The summed E-state index contributed by atoms with van der Waals surface area (Å²) in [6.07, 6.45) is 4.19. The number of hydrogen-bond donors (Lipinski definition) is 3. The lowest BCUT2D eigenvalue weighted by molar-refractivity contribution is -0.138. The fourth-order valence-electron chi connectivity index (χ4n) is 4.45. The van der Waals surface area contributed by atoms with Gasteiger partial charge in [-0.25, -0.2) is 9.79 Å². The molecule has 0 saturated heterocycles. The van der Waals surface area contributed by atoms with Crippen LogP contribution in [0.4, 0.5) is 11.5 Å². The van der Waals surface area contributed by atoms with Crippen molar-refractivity contribution >= 4 is 23.2 Å². The third kappa shape index (κ3) is 3.94. The number of fused-ring (bicyclic) bond motifs is 1. The third-order valence-corrected chi connectivity index (χ3v) is 6.01. The van der Waals surface area contributed by atoms with E-state index in [0.29, 0.717) is 17.3 Å². The number of aromatic nitrogens is 2. The van der Waals surface area contributed by atoms with Gasteiger partial charge in [0.2, 0.25) is 5.88 Å². The Morgan fingerprint density at radius 1 is 1.23 bits per heavy atom. The molecule has 0 bridgehead atoms. The molecular formula is C22H26N4O4. The van der Waals surface area contributed by atoms with Crippen molar-refractivity contribution in [3.8, 4) is 5.88 Å². The Kier molecular flexibility index (Phi) is 5.09. The largest absolute Gasteiger partial charge is 0.481 e. The van der Waals surface area contributed by atoms with Crippen molar-refractivity contribution in [2.75, 3.05) is 5.73 Å². The van der Waals surface area contributed by atoms with Crippen LogP contribution in [0.2, 0.25) is 0 Å². The number of aliphatic carboxylic acids is 1. The molecule has 0 spiro atoms. The van der Waals surface area contributed by atoms with E-state index in [9.17, 15) is 9.59 Å². The molecule has 8 heteroatoms. The van der Waals surface area contributed by atoms with Gasteiger partial charge in [-0.3, -0.25) is 9.78 Å². The number of ether oxygens (including phenoxy) is 1. The number of nitrogens with one attached hydrogen (secondary N) is 1. The number of rotatable bonds is 4. The van der Waals surface area contributed by atoms with E-state index in [4.69, 9.17) is 15.6 Å². The second-order valence-corrected chi connectivity index (χ2v) is 8.62. The van der Waals surface area contributed by atoms with Gasteiger partial charge >= 0.3 is 11.7 Å². The molecule has 4 rings (SSSR count). The number of aromatic amines is 1. The number of hydrogen-bond acceptors (Lipinski definition) is 6. The van der Waals surface area contributed by atoms with Crippen LogP contribution in [0.15, 0.2) is 34.1 Å². The summed E-state index contributed by atoms with van der Waals surface area (Å²) in [4.78, 5) is 33.5. The van der Waals surface area contributed by atoms with E-state index < -0.39 is 17.3 Å². The van der Waals surface area contributed by atoms with Crippen LogP contribution in [0.1, 0.15) is 63.0 Å². The molecule has 1 aromatic carbocycles. The average molecular weight is 410 g/mol. The van der Waals surface area contributed by atoms with E-state index in [0.717, 1.165) is 31.2 Å². The normalized spacial score (nSPS) is 22.5. The van der Waals surface area contributed by atoms with Crippen LogP contribution in [-0.4, -0.2) is 32.4 Å². The first-order valence-corrected chi connectivity index (χ1v) is 10.2. The monoisotopic (exact) mass is 410 g/mol. The van der Waals surface area contributed by atoms with Crippen molar-refractivity contribution in [3.05, 3.63) is 45.9 Å². The molecule has 0 radical (unpaired) electrons. The van der Waals surface area contributed by atoms with E-state index >= 15 is 0 Å². The Morgan fingerprint density at radius 2 is 1.90 bits per heavy atom. The highest BCUT2D eigenvalue weighted by atomic mass is 16.5. The van der Waals surface area contributed by atoms with E-state index in [1.54, 1.807) is 0 Å². The van der Waals surface area contributed by atoms with Crippen molar-refractivity contribution in [2.45, 2.75) is 57.5 Å². The summed E-state index contributed by atoms with van der Waals surface area (Å²) >= 11 is 0. The molecule has 0 amide bonds. The molecule has 1 aromatic heterocycles. The smallest absolute Gasteiger partial charge is 0.349 e. The van der Waals surface area contributed by atoms with Crippen LogP contribution in [0.25, 0.3) is 0 Å². The lowest BCUT2D eigenvalue weighted by atomic mass is 9.77. The zero-order chi connectivity index (χ0) is 21.5. The summed E-state index contributed by atoms with van der Waals surface area (Å²) in [5.74, 6) is 0.306. The fourth-order valence-corrected chi connectivity index (χ4v) is 4.45. The molecule has 8 nitrogen and oxygen atoms in total. The number of anilines is 1. The first-order chi connectivity index (χ1) is 14.2. The molecule has 158 valence electrons. The van der Waals surface area contributed by atoms with Crippen molar-refractivity contribution < 1.29 is 14.6 Å². The van der Waals surface area contributed by atoms with Crippen LogP contribution in [-0.2, 0) is 4.79 Å². The van der Waals surface area contributed by atoms with Crippen molar-refractivity contribution in [1.82, 2.24) is 9.97 Å². The lowest BCUT2D eigenvalue weighted by Gasteiger charge is -2.32. The van der Waals surface area contributed by atoms with Crippen molar-refractivity contribution in [3.63, 3.8) is 0 Å². The summed E-state index contributed by atoms with van der Waals surface area (Å²) in [5, 5.41) is 8.99. The summed E-state index contributed by atoms with van der Waals surface area (Å²) in [6.45, 7) is 3.76. The molecule has 1 fully saturated rings. The van der Waals surface area contributed by atoms with Crippen molar-refractivity contribution in [2.24, 2.45) is 10.9 Å². The van der Waals surface area contributed by atoms with E-state index in [1.165, 1.54) is 5.56 Å². The lowest BCUT2D eigenvalue weighted by Crippen LogP contribution is -2.41. The summed E-state index contributed by atoms with van der Waals surface area (Å²) in [5.41, 5.74) is 7.81. The number of carbonyl (C=O) groups is 1. The fraction of sp³-hybridized carbons (Fsp3) is 0.455. The van der Waals surface area contributed by atoms with Crippen molar-refractivity contribution in [1.29, 1.82) is 0 Å². The molecule has 1 aliphatic carbocycles. The van der Waals surface area contributed by atoms with Gasteiger partial charge in [-0.1, -0.05) is 24.3 Å². The number of nitrogens with two attached hydrogens (primary N) is 1. The molecule has 30 heavy (non-hydrogen) atoms. The Balaban J connectivity index is 1.56. The predicted octanol–water partition coefficient (Wildman–Crippen LogP) is 3.39. The SMILES string of the molecule is CC1(C)Oc2nc(=O)[nH]c(N)c2N=C1c1ccc(C2CCC(CC(=O)O)CC2)cc1. The first-order valence-electron chi connectivity index (χ1n) is 10.2. The number of carboxylic acid groups (broad SMARTS) is 1. The van der Waals surface area contributed by atoms with Gasteiger partial charge in [0.05, 0.1) is 5.71 Å². The van der Waals surface area contributed by atoms with Crippen LogP contribution >= 0.6 is 0 Å². The highest BCUT2D eigenvalue weighted by Crippen LogP contribution is 2.40. The highest BCUT2D eigenvalue weighted by molar-refractivity contribution is 6.09. The molecule has 2 aliphatic rings. The number of H-pyrrole nitrogens is 1. The van der Waals surface area contributed by atoms with Gasteiger partial charge in [-0.05, 0) is 56.9 Å². The quantitative estimate of drug-likeness (QED) is 0.708.